The van der Waals surface area contributed by atoms with Crippen LogP contribution in [0.1, 0.15) is 58.4 Å². The summed E-state index contributed by atoms with van der Waals surface area (Å²) in [5.41, 5.74) is 6.71. The minimum Gasteiger partial charge on any atom is -0.506 e. The third kappa shape index (κ3) is 6.38. The SMILES string of the molecule is N=Cc1ccc(C(=O)N(CCO)C2CCCCC2)c2ccccc12.NC(=O)c1ccc(O)c(Cl)c1. The Bertz CT molecular complexity index is 1210. The molecule has 0 aliphatic heterocycles. The van der Waals surface area contributed by atoms with E-state index in [0.717, 1.165) is 42.0 Å². The molecule has 0 unspecified atom stereocenters. The van der Waals surface area contributed by atoms with E-state index in [0.29, 0.717) is 12.1 Å². The van der Waals surface area contributed by atoms with E-state index in [-0.39, 0.29) is 34.9 Å². The van der Waals surface area contributed by atoms with Gasteiger partial charge in [0.2, 0.25) is 5.91 Å². The maximum absolute atomic E-state index is 13.2. The van der Waals surface area contributed by atoms with Crippen molar-refractivity contribution in [1.29, 1.82) is 5.41 Å². The standard InChI is InChI=1S/C20H24N2O2.C7H6ClNO2/c21-14-15-10-11-19(18-9-5-4-8-17(15)18)20(24)22(12-13-23)16-6-2-1-3-7-16;8-5-3-4(7(9)11)1-2-6(5)10/h4-5,8-11,14,16,21,23H,1-3,6-7,12-13H2;1-3,10H,(H2,9,11). The molecule has 7 nitrogen and oxygen atoms in total. The second-order valence-electron chi connectivity index (χ2n) is 8.44. The first-order chi connectivity index (χ1) is 16.9. The average Bonchev–Trinajstić information content (AvgIpc) is 2.88. The largest absolute Gasteiger partial charge is 0.506 e. The van der Waals surface area contributed by atoms with Crippen LogP contribution in [0.4, 0.5) is 0 Å². The van der Waals surface area contributed by atoms with Gasteiger partial charge in [-0.1, -0.05) is 61.2 Å². The fourth-order valence-electron chi connectivity index (χ4n) is 4.40. The van der Waals surface area contributed by atoms with E-state index in [4.69, 9.17) is 27.9 Å². The maximum atomic E-state index is 13.2. The smallest absolute Gasteiger partial charge is 0.254 e. The summed E-state index contributed by atoms with van der Waals surface area (Å²) in [7, 11) is 0. The predicted molar refractivity (Wildman–Crippen MR) is 138 cm³/mol. The molecular weight excluding hydrogens is 466 g/mol. The summed E-state index contributed by atoms with van der Waals surface area (Å²) in [6.07, 6.45) is 6.88. The first-order valence-corrected chi connectivity index (χ1v) is 12.0. The number of benzene rings is 3. The van der Waals surface area contributed by atoms with Crippen LogP contribution in [-0.2, 0) is 0 Å². The first-order valence-electron chi connectivity index (χ1n) is 11.6. The number of carbonyl (C=O) groups is 2. The quantitative estimate of drug-likeness (QED) is 0.368. The molecule has 3 aromatic rings. The number of carbonyl (C=O) groups excluding carboxylic acids is 2. The summed E-state index contributed by atoms with van der Waals surface area (Å²) in [4.78, 5) is 25.6. The number of hydrogen-bond donors (Lipinski definition) is 4. The van der Waals surface area contributed by atoms with Crippen molar-refractivity contribution in [3.63, 3.8) is 0 Å². The van der Waals surface area contributed by atoms with Crippen LogP contribution in [-0.4, -0.2) is 52.3 Å². The molecule has 0 bridgehead atoms. The van der Waals surface area contributed by atoms with Gasteiger partial charge in [-0.2, -0.15) is 0 Å². The highest BCUT2D eigenvalue weighted by Crippen LogP contribution is 2.27. The Labute approximate surface area is 209 Å². The Hall–Kier alpha value is -3.42. The fraction of sp³-hybridized carbons (Fsp3) is 0.296. The molecule has 1 aliphatic carbocycles. The van der Waals surface area contributed by atoms with Crippen LogP contribution < -0.4 is 5.73 Å². The number of nitrogens with two attached hydrogens (primary N) is 1. The number of nitrogens with zero attached hydrogens (tertiary/aromatic N) is 1. The Morgan fingerprint density at radius 3 is 2.34 bits per heavy atom. The van der Waals surface area contributed by atoms with Crippen LogP contribution in [0, 0.1) is 5.41 Å². The maximum Gasteiger partial charge on any atom is 0.254 e. The molecule has 1 fully saturated rings. The van der Waals surface area contributed by atoms with E-state index in [1.807, 2.05) is 41.3 Å². The van der Waals surface area contributed by atoms with Crippen molar-refractivity contribution in [1.82, 2.24) is 4.90 Å². The second kappa shape index (κ2) is 12.3. The van der Waals surface area contributed by atoms with Crippen molar-refractivity contribution in [2.45, 2.75) is 38.1 Å². The normalized spacial score (nSPS) is 13.5. The van der Waals surface area contributed by atoms with E-state index in [2.05, 4.69) is 0 Å². The van der Waals surface area contributed by atoms with Crippen molar-refractivity contribution in [2.24, 2.45) is 5.73 Å². The summed E-state index contributed by atoms with van der Waals surface area (Å²) in [6.45, 7) is 0.364. The fourth-order valence-corrected chi connectivity index (χ4v) is 4.58. The minimum absolute atomic E-state index is 0.0105. The van der Waals surface area contributed by atoms with Gasteiger partial charge in [0.25, 0.3) is 5.91 Å². The number of aliphatic hydroxyl groups excluding tert-OH is 1. The average molecular weight is 496 g/mol. The molecule has 1 saturated carbocycles. The van der Waals surface area contributed by atoms with Gasteiger partial charge >= 0.3 is 0 Å². The molecule has 0 radical (unpaired) electrons. The molecule has 0 atom stereocenters. The number of nitrogens with one attached hydrogen (secondary N) is 1. The second-order valence-corrected chi connectivity index (χ2v) is 8.84. The molecule has 5 N–H and O–H groups in total. The monoisotopic (exact) mass is 495 g/mol. The molecule has 35 heavy (non-hydrogen) atoms. The number of fused-ring (bicyclic) bond motifs is 1. The number of aliphatic hydroxyl groups is 1. The first kappa shape index (κ1) is 26.2. The van der Waals surface area contributed by atoms with Crippen LogP contribution >= 0.6 is 11.6 Å². The number of hydrogen-bond acceptors (Lipinski definition) is 5. The molecule has 3 aromatic carbocycles. The molecule has 0 saturated heterocycles. The van der Waals surface area contributed by atoms with Crippen LogP contribution in [0.2, 0.25) is 5.02 Å². The lowest BCUT2D eigenvalue weighted by molar-refractivity contribution is 0.0587. The van der Waals surface area contributed by atoms with E-state index in [1.165, 1.54) is 30.8 Å². The minimum atomic E-state index is -0.563. The van der Waals surface area contributed by atoms with Crippen molar-refractivity contribution in [3.05, 3.63) is 76.3 Å². The molecule has 8 heteroatoms. The highest BCUT2D eigenvalue weighted by Gasteiger charge is 2.27. The van der Waals surface area contributed by atoms with E-state index >= 15 is 0 Å². The third-order valence-corrected chi connectivity index (χ3v) is 6.50. The number of aromatic hydroxyl groups is 1. The molecule has 184 valence electrons. The summed E-state index contributed by atoms with van der Waals surface area (Å²) in [6, 6.07) is 15.7. The van der Waals surface area contributed by atoms with Crippen molar-refractivity contribution < 1.29 is 19.8 Å². The topological polar surface area (TPSA) is 128 Å². The lowest BCUT2D eigenvalue weighted by atomic mass is 9.93. The zero-order valence-electron chi connectivity index (χ0n) is 19.4. The van der Waals surface area contributed by atoms with Crippen LogP contribution in [0.15, 0.2) is 54.6 Å². The number of phenolic OH excluding ortho intramolecular Hbond substituents is 1. The van der Waals surface area contributed by atoms with Gasteiger partial charge in [-0.05, 0) is 53.4 Å². The van der Waals surface area contributed by atoms with E-state index < -0.39 is 5.91 Å². The van der Waals surface area contributed by atoms with Gasteiger partial charge in [0, 0.05) is 29.9 Å². The molecule has 0 aromatic heterocycles. The van der Waals surface area contributed by atoms with Gasteiger partial charge in [-0.15, -0.1) is 0 Å². The van der Waals surface area contributed by atoms with Crippen molar-refractivity contribution in [2.75, 3.05) is 13.2 Å². The number of phenols is 1. The molecule has 1 aliphatic rings. The van der Waals surface area contributed by atoms with Crippen molar-refractivity contribution >= 4 is 40.4 Å². The van der Waals surface area contributed by atoms with Crippen LogP contribution in [0.25, 0.3) is 10.8 Å². The van der Waals surface area contributed by atoms with Gasteiger partial charge in [0.1, 0.15) is 5.75 Å². The Morgan fingerprint density at radius 2 is 1.74 bits per heavy atom. The molecular formula is C27H30ClN3O4. The van der Waals surface area contributed by atoms with Gasteiger partial charge in [0.15, 0.2) is 0 Å². The number of rotatable bonds is 6. The molecule has 4 rings (SSSR count). The van der Waals surface area contributed by atoms with Gasteiger partial charge < -0.3 is 26.3 Å². The summed E-state index contributed by atoms with van der Waals surface area (Å²) in [5, 5.41) is 27.9. The molecule has 2 amide bonds. The summed E-state index contributed by atoms with van der Waals surface area (Å²) in [5.74, 6) is -0.632. The lowest BCUT2D eigenvalue weighted by Crippen LogP contribution is -2.43. The highest BCUT2D eigenvalue weighted by molar-refractivity contribution is 6.32. The summed E-state index contributed by atoms with van der Waals surface area (Å²) >= 11 is 5.50. The zero-order valence-corrected chi connectivity index (χ0v) is 20.2. The van der Waals surface area contributed by atoms with Crippen molar-refractivity contribution in [3.8, 4) is 5.75 Å². The zero-order chi connectivity index (χ0) is 25.4. The summed E-state index contributed by atoms with van der Waals surface area (Å²) < 4.78 is 0. The van der Waals surface area contributed by atoms with Gasteiger partial charge in [-0.3, -0.25) is 9.59 Å². The van der Waals surface area contributed by atoms with Crippen LogP contribution in [0.3, 0.4) is 0 Å². The molecule has 0 spiro atoms. The van der Waals surface area contributed by atoms with Crippen LogP contribution in [0.5, 0.6) is 5.75 Å². The van der Waals surface area contributed by atoms with Gasteiger partial charge in [-0.25, -0.2) is 0 Å². The van der Waals surface area contributed by atoms with E-state index in [1.54, 1.807) is 0 Å². The van der Waals surface area contributed by atoms with E-state index in [9.17, 15) is 14.7 Å². The number of halogens is 1. The molecule has 0 heterocycles. The number of amides is 2. The Balaban J connectivity index is 0.000000261. The highest BCUT2D eigenvalue weighted by atomic mass is 35.5. The third-order valence-electron chi connectivity index (χ3n) is 6.19. The Kier molecular flexibility index (Phi) is 9.23. The van der Waals surface area contributed by atoms with Gasteiger partial charge in [0.05, 0.1) is 11.6 Å². The number of primary amides is 1. The Morgan fingerprint density at radius 1 is 1.06 bits per heavy atom. The predicted octanol–water partition coefficient (Wildman–Crippen LogP) is 4.75. The lowest BCUT2D eigenvalue weighted by Gasteiger charge is -2.34.